The maximum Gasteiger partial charge on any atom is 0.252 e. The molecule has 4 unspecified atom stereocenters. The normalized spacial score (nSPS) is 26.9. The summed E-state index contributed by atoms with van der Waals surface area (Å²) in [5.41, 5.74) is 21.0. The van der Waals surface area contributed by atoms with Gasteiger partial charge in [-0.05, 0) is 132 Å². The van der Waals surface area contributed by atoms with Crippen LogP contribution in [-0.2, 0) is 16.2 Å². The van der Waals surface area contributed by atoms with Gasteiger partial charge in [-0.15, -0.1) is 0 Å². The molecular weight excluding hydrogens is 725 g/mol. The lowest BCUT2D eigenvalue weighted by atomic mass is 9.33. The van der Waals surface area contributed by atoms with Crippen molar-refractivity contribution in [1.29, 1.82) is 0 Å². The fourth-order valence-electron chi connectivity index (χ4n) is 13.7. The zero-order valence-corrected chi connectivity index (χ0v) is 36.7. The second kappa shape index (κ2) is 12.2. The number of hydrogen-bond donors (Lipinski definition) is 0. The van der Waals surface area contributed by atoms with E-state index >= 15 is 0 Å². The molecule has 2 fully saturated rings. The summed E-state index contributed by atoms with van der Waals surface area (Å²) < 4.78 is 0. The number of hydrogen-bond acceptors (Lipinski definition) is 3. The third-order valence-electron chi connectivity index (χ3n) is 17.3. The van der Waals surface area contributed by atoms with E-state index < -0.39 is 0 Å². The Morgan fingerprint density at radius 1 is 0.483 bits per heavy atom. The van der Waals surface area contributed by atoms with Crippen molar-refractivity contribution in [2.75, 3.05) is 14.7 Å². The SMILES string of the molecule is CC(C)(C)c1ccc2c(c1)C1(C)CCCCC1(C)N2c1cc2c3c(c1)N1c4c(cc(-c5ccccc5)cc4C4(C)CCCCC14C)B3c1ccccc1N2c1ccccc1. The Bertz CT molecular complexity index is 2750. The molecule has 0 spiro atoms. The molecule has 2 saturated carbocycles. The zero-order valence-electron chi connectivity index (χ0n) is 36.7. The van der Waals surface area contributed by atoms with Crippen molar-refractivity contribution in [2.24, 2.45) is 0 Å². The lowest BCUT2D eigenvalue weighted by Gasteiger charge is -2.53. The molecule has 12 rings (SSSR count). The molecule has 60 heavy (non-hydrogen) atoms. The number of para-hydroxylation sites is 2. The average Bonchev–Trinajstić information content (AvgIpc) is 3.60. The van der Waals surface area contributed by atoms with Gasteiger partial charge in [0.05, 0.1) is 11.1 Å². The predicted octanol–water partition coefficient (Wildman–Crippen LogP) is 12.7. The van der Waals surface area contributed by atoms with Crippen LogP contribution >= 0.6 is 0 Å². The molecule has 0 aromatic heterocycles. The second-order valence-electron chi connectivity index (χ2n) is 21.2. The fourth-order valence-corrected chi connectivity index (χ4v) is 13.7. The maximum atomic E-state index is 2.92. The quantitative estimate of drug-likeness (QED) is 0.165. The second-order valence-corrected chi connectivity index (χ2v) is 21.2. The van der Waals surface area contributed by atoms with E-state index in [0.717, 1.165) is 0 Å². The Kier molecular flexibility index (Phi) is 7.45. The van der Waals surface area contributed by atoms with Crippen molar-refractivity contribution >= 4 is 62.9 Å². The van der Waals surface area contributed by atoms with Gasteiger partial charge in [0.15, 0.2) is 0 Å². The molecule has 0 saturated heterocycles. The molecule has 0 radical (unpaired) electrons. The summed E-state index contributed by atoms with van der Waals surface area (Å²) in [6.07, 6.45) is 9.85. The van der Waals surface area contributed by atoms with Gasteiger partial charge in [-0.3, -0.25) is 0 Å². The molecule has 4 heteroatoms. The number of nitrogens with zero attached hydrogens (tertiary/aromatic N) is 3. The van der Waals surface area contributed by atoms with Crippen molar-refractivity contribution in [3.63, 3.8) is 0 Å². The van der Waals surface area contributed by atoms with Crippen molar-refractivity contribution in [3.8, 4) is 11.1 Å². The molecule has 2 aliphatic carbocycles. The smallest absolute Gasteiger partial charge is 0.252 e. The number of rotatable bonds is 3. The van der Waals surface area contributed by atoms with E-state index in [-0.39, 0.29) is 34.0 Å². The van der Waals surface area contributed by atoms with Gasteiger partial charge in [-0.1, -0.05) is 145 Å². The zero-order chi connectivity index (χ0) is 41.0. The summed E-state index contributed by atoms with van der Waals surface area (Å²) in [4.78, 5) is 8.38. The van der Waals surface area contributed by atoms with Crippen LogP contribution in [0.25, 0.3) is 11.1 Å². The van der Waals surface area contributed by atoms with Gasteiger partial charge in [0.1, 0.15) is 0 Å². The Balaban J connectivity index is 1.20. The van der Waals surface area contributed by atoms with Gasteiger partial charge in [-0.25, -0.2) is 0 Å². The van der Waals surface area contributed by atoms with Gasteiger partial charge in [0, 0.05) is 50.6 Å². The van der Waals surface area contributed by atoms with E-state index in [4.69, 9.17) is 0 Å². The molecule has 0 amide bonds. The van der Waals surface area contributed by atoms with E-state index in [0.29, 0.717) is 0 Å². The van der Waals surface area contributed by atoms with Gasteiger partial charge in [-0.2, -0.15) is 0 Å². The van der Waals surface area contributed by atoms with E-state index in [1.54, 1.807) is 11.1 Å². The molecule has 4 heterocycles. The summed E-state index contributed by atoms with van der Waals surface area (Å²) in [5.74, 6) is 0. The lowest BCUT2D eigenvalue weighted by Crippen LogP contribution is -2.64. The number of anilines is 7. The molecule has 300 valence electrons. The van der Waals surface area contributed by atoms with E-state index in [1.165, 1.54) is 124 Å². The van der Waals surface area contributed by atoms with Crippen LogP contribution in [0.2, 0.25) is 0 Å². The lowest BCUT2D eigenvalue weighted by molar-refractivity contribution is 0.194. The van der Waals surface area contributed by atoms with Crippen LogP contribution in [-0.4, -0.2) is 17.8 Å². The van der Waals surface area contributed by atoms with Crippen LogP contribution in [0.4, 0.5) is 39.8 Å². The van der Waals surface area contributed by atoms with Gasteiger partial charge < -0.3 is 14.7 Å². The minimum atomic E-state index is -0.0721. The van der Waals surface area contributed by atoms with Gasteiger partial charge >= 0.3 is 0 Å². The van der Waals surface area contributed by atoms with Crippen molar-refractivity contribution in [1.82, 2.24) is 0 Å². The summed E-state index contributed by atoms with van der Waals surface area (Å²) >= 11 is 0. The minimum absolute atomic E-state index is 0.00661. The Morgan fingerprint density at radius 3 is 1.82 bits per heavy atom. The van der Waals surface area contributed by atoms with Crippen LogP contribution < -0.4 is 31.1 Å². The van der Waals surface area contributed by atoms with Crippen molar-refractivity contribution < 1.29 is 0 Å². The first kappa shape index (κ1) is 36.6. The third-order valence-corrected chi connectivity index (χ3v) is 17.3. The van der Waals surface area contributed by atoms with Crippen LogP contribution in [0.3, 0.4) is 0 Å². The average molecular weight is 784 g/mol. The summed E-state index contributed by atoms with van der Waals surface area (Å²) in [5, 5.41) is 0. The number of benzene rings is 6. The molecule has 0 bridgehead atoms. The van der Waals surface area contributed by atoms with Crippen LogP contribution in [0.1, 0.15) is 117 Å². The first-order valence-corrected chi connectivity index (χ1v) is 23.0. The monoisotopic (exact) mass is 783 g/mol. The molecule has 6 aromatic rings. The van der Waals surface area contributed by atoms with Crippen LogP contribution in [0.5, 0.6) is 0 Å². The molecule has 6 aromatic carbocycles. The Morgan fingerprint density at radius 2 is 1.10 bits per heavy atom. The summed E-state index contributed by atoms with van der Waals surface area (Å²) in [6, 6.07) is 49.7. The van der Waals surface area contributed by atoms with Crippen molar-refractivity contribution in [2.45, 2.75) is 127 Å². The highest BCUT2D eigenvalue weighted by Crippen LogP contribution is 2.65. The molecule has 4 atom stereocenters. The van der Waals surface area contributed by atoms with Gasteiger partial charge in [0.2, 0.25) is 0 Å². The maximum absolute atomic E-state index is 2.92. The van der Waals surface area contributed by atoms with E-state index in [9.17, 15) is 0 Å². The van der Waals surface area contributed by atoms with Gasteiger partial charge in [0.25, 0.3) is 6.71 Å². The Labute approximate surface area is 358 Å². The minimum Gasteiger partial charge on any atom is -0.335 e. The molecule has 6 aliphatic rings. The first-order chi connectivity index (χ1) is 28.9. The highest BCUT2D eigenvalue weighted by atomic mass is 15.3. The van der Waals surface area contributed by atoms with Crippen LogP contribution in [0.15, 0.2) is 127 Å². The molecular formula is C56H58BN3. The standard InChI is InChI=1S/C56H58BN3/c1-52(2,3)39-26-27-46-42(34-39)53(4)28-16-18-30-55(53,6)59(46)41-35-48-50-49(36-41)60-51-43(54(5)29-17-19-31-56(54,60)7)32-38(37-20-10-8-11-21-37)33-45(51)57(50)44-24-14-15-25-47(44)58(48)40-22-12-9-13-23-40/h8-15,20-27,32-36H,16-19,28-31H2,1-7H3. The Hall–Kier alpha value is -5.22. The van der Waals surface area contributed by atoms with E-state index in [1.807, 2.05) is 0 Å². The highest BCUT2D eigenvalue weighted by molar-refractivity contribution is 7.00. The molecule has 0 N–H and O–H groups in total. The highest BCUT2D eigenvalue weighted by Gasteiger charge is 2.62. The largest absolute Gasteiger partial charge is 0.335 e. The summed E-state index contributed by atoms with van der Waals surface area (Å²) in [6.45, 7) is 17.7. The first-order valence-electron chi connectivity index (χ1n) is 23.0. The summed E-state index contributed by atoms with van der Waals surface area (Å²) in [7, 11) is 0. The number of fused-ring (bicyclic) bond motifs is 10. The molecule has 3 nitrogen and oxygen atoms in total. The fraction of sp³-hybridized carbons (Fsp3) is 0.357. The van der Waals surface area contributed by atoms with Crippen molar-refractivity contribution in [3.05, 3.63) is 144 Å². The predicted molar refractivity (Wildman–Crippen MR) is 256 cm³/mol. The molecule has 4 aliphatic heterocycles. The topological polar surface area (TPSA) is 9.72 Å². The van der Waals surface area contributed by atoms with Crippen LogP contribution in [0, 0.1) is 0 Å². The third kappa shape index (κ3) is 4.53. The van der Waals surface area contributed by atoms with E-state index in [2.05, 4.69) is 191 Å².